The van der Waals surface area contributed by atoms with Gasteiger partial charge in [-0.1, -0.05) is 0 Å². The van der Waals surface area contributed by atoms with Crippen molar-refractivity contribution < 1.29 is 9.84 Å². The molecular weight excluding hydrogens is 156 g/mol. The normalized spacial score (nSPS) is 13.2. The predicted octanol–water partition coefficient (Wildman–Crippen LogP) is 0.490. The van der Waals surface area contributed by atoms with Crippen molar-refractivity contribution in [3.63, 3.8) is 0 Å². The first kappa shape index (κ1) is 9.22. The largest absolute Gasteiger partial charge is 0.384 e. The zero-order chi connectivity index (χ0) is 8.97. The van der Waals surface area contributed by atoms with Crippen molar-refractivity contribution in [3.8, 4) is 0 Å². The minimum Gasteiger partial charge on any atom is -0.384 e. The summed E-state index contributed by atoms with van der Waals surface area (Å²) in [7, 11) is 1.82. The number of aliphatic hydroxyl groups excluding tert-OH is 1. The van der Waals surface area contributed by atoms with Gasteiger partial charge in [0.1, 0.15) is 6.10 Å². The van der Waals surface area contributed by atoms with E-state index in [2.05, 4.69) is 5.10 Å². The second-order valence-corrected chi connectivity index (χ2v) is 2.59. The van der Waals surface area contributed by atoms with E-state index in [1.807, 2.05) is 14.0 Å². The molecule has 12 heavy (non-hydrogen) atoms. The average Bonchev–Trinajstić information content (AvgIpc) is 2.47. The maximum atomic E-state index is 9.46. The van der Waals surface area contributed by atoms with Crippen LogP contribution < -0.4 is 0 Å². The molecule has 4 heteroatoms. The molecule has 1 aromatic heterocycles. The smallest absolute Gasteiger partial charge is 0.121 e. The maximum absolute atomic E-state index is 9.46. The first-order valence-corrected chi connectivity index (χ1v) is 3.99. The zero-order valence-electron chi connectivity index (χ0n) is 7.40. The van der Waals surface area contributed by atoms with Gasteiger partial charge in [0.05, 0.1) is 12.3 Å². The second kappa shape index (κ2) is 4.23. The molecule has 0 aliphatic rings. The van der Waals surface area contributed by atoms with E-state index in [0.717, 1.165) is 0 Å². The molecule has 0 aliphatic carbocycles. The lowest BCUT2D eigenvalue weighted by molar-refractivity contribution is 0.0395. The van der Waals surface area contributed by atoms with Crippen LogP contribution in [0.3, 0.4) is 0 Å². The predicted molar refractivity (Wildman–Crippen MR) is 44.7 cm³/mol. The number of ether oxygens (including phenoxy) is 1. The van der Waals surface area contributed by atoms with Gasteiger partial charge in [0.15, 0.2) is 0 Å². The fourth-order valence-electron chi connectivity index (χ4n) is 0.926. The van der Waals surface area contributed by atoms with Gasteiger partial charge < -0.3 is 9.84 Å². The van der Waals surface area contributed by atoms with Crippen LogP contribution in [0, 0.1) is 0 Å². The Hall–Kier alpha value is -0.870. The quantitative estimate of drug-likeness (QED) is 0.715. The number of nitrogens with zero attached hydrogens (tertiary/aromatic N) is 2. The fraction of sp³-hybridized carbons (Fsp3) is 0.625. The lowest BCUT2D eigenvalue weighted by Crippen LogP contribution is -2.08. The number of aryl methyl sites for hydroxylation is 1. The monoisotopic (exact) mass is 170 g/mol. The molecule has 0 bridgehead atoms. The molecule has 0 saturated carbocycles. The topological polar surface area (TPSA) is 47.3 Å². The van der Waals surface area contributed by atoms with Crippen LogP contribution in [0.5, 0.6) is 0 Å². The highest BCUT2D eigenvalue weighted by Gasteiger charge is 2.09. The van der Waals surface area contributed by atoms with Crippen LogP contribution in [0.1, 0.15) is 18.7 Å². The van der Waals surface area contributed by atoms with Crippen molar-refractivity contribution in [2.24, 2.45) is 7.05 Å². The van der Waals surface area contributed by atoms with Crippen LogP contribution in [-0.2, 0) is 11.8 Å². The van der Waals surface area contributed by atoms with Crippen LogP contribution in [-0.4, -0.2) is 28.1 Å². The third-order valence-electron chi connectivity index (χ3n) is 1.56. The van der Waals surface area contributed by atoms with Gasteiger partial charge in [-0.05, 0) is 13.0 Å². The molecule has 1 aromatic rings. The molecule has 0 radical (unpaired) electrons. The van der Waals surface area contributed by atoms with Crippen LogP contribution in [0.15, 0.2) is 12.3 Å². The molecule has 0 aromatic carbocycles. The Balaban J connectivity index is 2.47. The van der Waals surface area contributed by atoms with Crippen LogP contribution in [0.25, 0.3) is 0 Å². The zero-order valence-corrected chi connectivity index (χ0v) is 7.40. The maximum Gasteiger partial charge on any atom is 0.121 e. The molecule has 0 saturated heterocycles. The van der Waals surface area contributed by atoms with E-state index in [0.29, 0.717) is 18.9 Å². The van der Waals surface area contributed by atoms with Crippen LogP contribution >= 0.6 is 0 Å². The summed E-state index contributed by atoms with van der Waals surface area (Å²) < 4.78 is 6.72. The Morgan fingerprint density at radius 3 is 3.00 bits per heavy atom. The van der Waals surface area contributed by atoms with Crippen LogP contribution in [0.2, 0.25) is 0 Å². The molecule has 1 heterocycles. The minimum atomic E-state index is -0.605. The summed E-state index contributed by atoms with van der Waals surface area (Å²) >= 11 is 0. The van der Waals surface area contributed by atoms with Gasteiger partial charge in [-0.2, -0.15) is 5.10 Å². The van der Waals surface area contributed by atoms with Gasteiger partial charge in [-0.3, -0.25) is 4.68 Å². The highest BCUT2D eigenvalue weighted by atomic mass is 16.5. The van der Waals surface area contributed by atoms with Gasteiger partial charge in [0, 0.05) is 19.9 Å². The summed E-state index contributed by atoms with van der Waals surface area (Å²) in [5, 5.41) is 13.5. The number of rotatable bonds is 4. The van der Waals surface area contributed by atoms with Crippen molar-refractivity contribution in [1.29, 1.82) is 0 Å². The summed E-state index contributed by atoms with van der Waals surface area (Å²) in [5.74, 6) is 0. The number of aromatic nitrogens is 2. The Labute approximate surface area is 71.8 Å². The number of hydrogen-bond donors (Lipinski definition) is 1. The van der Waals surface area contributed by atoms with Gasteiger partial charge in [0.25, 0.3) is 0 Å². The van der Waals surface area contributed by atoms with E-state index < -0.39 is 6.10 Å². The number of hydrogen-bond acceptors (Lipinski definition) is 3. The van der Waals surface area contributed by atoms with Crippen molar-refractivity contribution in [3.05, 3.63) is 18.0 Å². The average molecular weight is 170 g/mol. The summed E-state index contributed by atoms with van der Waals surface area (Å²) in [6.07, 6.45) is 1.19. The van der Waals surface area contributed by atoms with E-state index >= 15 is 0 Å². The Kier molecular flexibility index (Phi) is 3.25. The Bertz CT molecular complexity index is 235. The Morgan fingerprint density at radius 2 is 2.50 bits per heavy atom. The van der Waals surface area contributed by atoms with Crippen molar-refractivity contribution in [2.45, 2.75) is 13.0 Å². The summed E-state index contributed by atoms with van der Waals surface area (Å²) in [4.78, 5) is 0. The Morgan fingerprint density at radius 1 is 1.75 bits per heavy atom. The van der Waals surface area contributed by atoms with E-state index in [1.54, 1.807) is 16.9 Å². The molecule has 0 aliphatic heterocycles. The summed E-state index contributed by atoms with van der Waals surface area (Å²) in [6.45, 7) is 2.82. The van der Waals surface area contributed by atoms with Crippen molar-refractivity contribution in [2.75, 3.05) is 13.2 Å². The molecule has 4 nitrogen and oxygen atoms in total. The SMILES string of the molecule is CCOCC(O)c1ccn(C)n1. The van der Waals surface area contributed by atoms with Crippen molar-refractivity contribution in [1.82, 2.24) is 9.78 Å². The fourth-order valence-corrected chi connectivity index (χ4v) is 0.926. The van der Waals surface area contributed by atoms with Gasteiger partial charge in [-0.15, -0.1) is 0 Å². The molecule has 1 rings (SSSR count). The lowest BCUT2D eigenvalue weighted by atomic mass is 10.3. The second-order valence-electron chi connectivity index (χ2n) is 2.59. The van der Waals surface area contributed by atoms with Crippen LogP contribution in [0.4, 0.5) is 0 Å². The van der Waals surface area contributed by atoms with Gasteiger partial charge in [0.2, 0.25) is 0 Å². The third kappa shape index (κ3) is 2.32. The molecular formula is C8H14N2O2. The number of aliphatic hydroxyl groups is 1. The molecule has 0 spiro atoms. The lowest BCUT2D eigenvalue weighted by Gasteiger charge is -2.06. The first-order valence-electron chi connectivity index (χ1n) is 3.99. The minimum absolute atomic E-state index is 0.313. The first-order chi connectivity index (χ1) is 5.74. The van der Waals surface area contributed by atoms with E-state index in [9.17, 15) is 5.11 Å². The highest BCUT2D eigenvalue weighted by molar-refractivity contribution is 5.02. The summed E-state index contributed by atoms with van der Waals surface area (Å²) in [6, 6.07) is 1.78. The summed E-state index contributed by atoms with van der Waals surface area (Å²) in [5.41, 5.74) is 0.658. The highest BCUT2D eigenvalue weighted by Crippen LogP contribution is 2.08. The molecule has 68 valence electrons. The van der Waals surface area contributed by atoms with E-state index in [4.69, 9.17) is 4.74 Å². The molecule has 1 N–H and O–H groups in total. The molecule has 0 fully saturated rings. The van der Waals surface area contributed by atoms with E-state index in [1.165, 1.54) is 0 Å². The van der Waals surface area contributed by atoms with Gasteiger partial charge >= 0.3 is 0 Å². The van der Waals surface area contributed by atoms with Crippen molar-refractivity contribution >= 4 is 0 Å². The standard InChI is InChI=1S/C8H14N2O2/c1-3-12-6-8(11)7-4-5-10(2)9-7/h4-5,8,11H,3,6H2,1-2H3. The van der Waals surface area contributed by atoms with E-state index in [-0.39, 0.29) is 0 Å². The molecule has 0 amide bonds. The van der Waals surface area contributed by atoms with Gasteiger partial charge in [-0.25, -0.2) is 0 Å². The third-order valence-corrected chi connectivity index (χ3v) is 1.56. The molecule has 1 unspecified atom stereocenters. The molecule has 1 atom stereocenters.